The number of rotatable bonds is 8. The van der Waals surface area contributed by atoms with Crippen molar-refractivity contribution in [2.24, 2.45) is 0 Å². The maximum absolute atomic E-state index is 12.1. The predicted molar refractivity (Wildman–Crippen MR) is 113 cm³/mol. The molecular weight excluding hydrogens is 366 g/mol. The topological polar surface area (TPSA) is 82.4 Å². The fourth-order valence-corrected chi connectivity index (χ4v) is 2.60. The van der Waals surface area contributed by atoms with E-state index < -0.39 is 18.5 Å². The highest BCUT2D eigenvalue weighted by atomic mass is 16.5. The van der Waals surface area contributed by atoms with Gasteiger partial charge in [0, 0.05) is 26.3 Å². The van der Waals surface area contributed by atoms with E-state index in [0.717, 1.165) is 11.3 Å². The Kier molecular flexibility index (Phi) is 7.99. The lowest BCUT2D eigenvalue weighted by Crippen LogP contribution is -2.31. The van der Waals surface area contributed by atoms with Crippen molar-refractivity contribution in [3.05, 3.63) is 71.3 Å². The first-order valence-corrected chi connectivity index (χ1v) is 9.28. The predicted octanol–water partition coefficient (Wildman–Crippen LogP) is 3.12. The number of benzene rings is 2. The Balaban J connectivity index is 1.86. The molecule has 1 N–H and O–H groups in total. The molecule has 29 heavy (non-hydrogen) atoms. The van der Waals surface area contributed by atoms with E-state index in [4.69, 9.17) is 4.74 Å². The van der Waals surface area contributed by atoms with E-state index in [1.807, 2.05) is 74.5 Å². The molecule has 0 unspecified atom stereocenters. The highest BCUT2D eigenvalue weighted by molar-refractivity contribution is 5.98. The number of nitriles is 1. The first-order valence-electron chi connectivity index (χ1n) is 9.28. The van der Waals surface area contributed by atoms with Crippen LogP contribution in [0.4, 0.5) is 5.69 Å². The maximum Gasteiger partial charge on any atom is 0.349 e. The number of nitrogens with one attached hydrogen (secondary N) is 1. The van der Waals surface area contributed by atoms with Crippen LogP contribution in [-0.4, -0.2) is 39.1 Å². The Morgan fingerprint density at radius 2 is 1.79 bits per heavy atom. The molecule has 150 valence electrons. The number of nitrogens with zero attached hydrogens (tertiary/aromatic N) is 2. The van der Waals surface area contributed by atoms with Crippen LogP contribution in [0.25, 0.3) is 6.08 Å². The molecule has 2 aromatic rings. The van der Waals surface area contributed by atoms with Crippen LogP contribution in [0.1, 0.15) is 24.0 Å². The molecule has 0 bridgehead atoms. The number of anilines is 1. The molecule has 0 aliphatic carbocycles. The van der Waals surface area contributed by atoms with Gasteiger partial charge in [-0.3, -0.25) is 4.79 Å². The molecule has 0 aliphatic heterocycles. The average molecular weight is 391 g/mol. The normalized spacial score (nSPS) is 11.9. The van der Waals surface area contributed by atoms with E-state index in [2.05, 4.69) is 5.32 Å². The molecule has 0 fully saturated rings. The first-order chi connectivity index (χ1) is 13.9. The quantitative estimate of drug-likeness (QED) is 0.425. The Labute approximate surface area is 171 Å². The SMILES string of the molecule is C[C@H](CNC(=O)COC(=O)/C(C#N)=C/c1ccc(N(C)C)cc1)c1ccccc1. The highest BCUT2D eigenvalue weighted by Gasteiger charge is 2.14. The molecule has 0 saturated carbocycles. The van der Waals surface area contributed by atoms with Crippen LogP contribution in [-0.2, 0) is 14.3 Å². The van der Waals surface area contributed by atoms with E-state index >= 15 is 0 Å². The molecule has 1 atom stereocenters. The summed E-state index contributed by atoms with van der Waals surface area (Å²) in [4.78, 5) is 26.0. The summed E-state index contributed by atoms with van der Waals surface area (Å²) >= 11 is 0. The van der Waals surface area contributed by atoms with Gasteiger partial charge in [-0.25, -0.2) is 4.79 Å². The van der Waals surface area contributed by atoms with Gasteiger partial charge < -0.3 is 15.0 Å². The van der Waals surface area contributed by atoms with E-state index in [1.165, 1.54) is 6.08 Å². The number of carbonyl (C=O) groups is 2. The number of esters is 1. The fourth-order valence-electron chi connectivity index (χ4n) is 2.60. The lowest BCUT2D eigenvalue weighted by Gasteiger charge is -2.13. The zero-order chi connectivity index (χ0) is 21.2. The van der Waals surface area contributed by atoms with Crippen molar-refractivity contribution in [1.82, 2.24) is 5.32 Å². The van der Waals surface area contributed by atoms with Gasteiger partial charge in [-0.05, 0) is 35.3 Å². The monoisotopic (exact) mass is 391 g/mol. The van der Waals surface area contributed by atoms with Crippen molar-refractivity contribution in [2.45, 2.75) is 12.8 Å². The van der Waals surface area contributed by atoms with Crippen LogP contribution in [0.3, 0.4) is 0 Å². The van der Waals surface area contributed by atoms with Gasteiger partial charge in [0.15, 0.2) is 6.61 Å². The van der Waals surface area contributed by atoms with Crippen LogP contribution < -0.4 is 10.2 Å². The number of ether oxygens (including phenoxy) is 1. The summed E-state index contributed by atoms with van der Waals surface area (Å²) in [6.07, 6.45) is 1.44. The van der Waals surface area contributed by atoms with Gasteiger partial charge in [-0.2, -0.15) is 5.26 Å². The largest absolute Gasteiger partial charge is 0.451 e. The molecule has 0 aliphatic rings. The van der Waals surface area contributed by atoms with Crippen molar-refractivity contribution in [3.63, 3.8) is 0 Å². The van der Waals surface area contributed by atoms with E-state index in [1.54, 1.807) is 12.1 Å². The second-order valence-electron chi connectivity index (χ2n) is 6.85. The Morgan fingerprint density at radius 3 is 2.38 bits per heavy atom. The van der Waals surface area contributed by atoms with Gasteiger partial charge in [0.1, 0.15) is 11.6 Å². The molecule has 0 radical (unpaired) electrons. The van der Waals surface area contributed by atoms with Crippen molar-refractivity contribution in [3.8, 4) is 6.07 Å². The van der Waals surface area contributed by atoms with E-state index in [-0.39, 0.29) is 11.5 Å². The Morgan fingerprint density at radius 1 is 1.14 bits per heavy atom. The third kappa shape index (κ3) is 6.82. The minimum absolute atomic E-state index is 0.135. The highest BCUT2D eigenvalue weighted by Crippen LogP contribution is 2.15. The van der Waals surface area contributed by atoms with Crippen LogP contribution in [0.2, 0.25) is 0 Å². The molecule has 0 saturated heterocycles. The van der Waals surface area contributed by atoms with Crippen LogP contribution >= 0.6 is 0 Å². The summed E-state index contributed by atoms with van der Waals surface area (Å²) in [5, 5.41) is 12.0. The fraction of sp³-hybridized carbons (Fsp3) is 0.261. The molecule has 2 aromatic carbocycles. The number of hydrogen-bond acceptors (Lipinski definition) is 5. The van der Waals surface area contributed by atoms with E-state index in [0.29, 0.717) is 12.1 Å². The first kappa shape index (κ1) is 21.7. The summed E-state index contributed by atoms with van der Waals surface area (Å²) in [5.41, 5.74) is 2.66. The van der Waals surface area contributed by atoms with Gasteiger partial charge >= 0.3 is 5.97 Å². The Bertz CT molecular complexity index is 897. The summed E-state index contributed by atoms with van der Waals surface area (Å²) in [6, 6.07) is 19.0. The molecule has 2 rings (SSSR count). The van der Waals surface area contributed by atoms with Gasteiger partial charge in [-0.15, -0.1) is 0 Å². The Hall–Kier alpha value is -3.59. The standard InChI is InChI=1S/C23H25N3O3/c1-17(19-7-5-4-6-8-19)15-25-22(27)16-29-23(28)20(14-24)13-18-9-11-21(12-10-18)26(2)3/h4-13,17H,15-16H2,1-3H3,(H,25,27)/b20-13+/t17-/m1/s1. The van der Waals surface area contributed by atoms with Crippen LogP contribution in [0.5, 0.6) is 0 Å². The molecule has 0 heterocycles. The van der Waals surface area contributed by atoms with Gasteiger partial charge in [0.2, 0.25) is 0 Å². The number of hydrogen-bond donors (Lipinski definition) is 1. The number of carbonyl (C=O) groups excluding carboxylic acids is 2. The minimum atomic E-state index is -0.824. The minimum Gasteiger partial charge on any atom is -0.451 e. The summed E-state index contributed by atoms with van der Waals surface area (Å²) < 4.78 is 4.98. The number of amides is 1. The van der Waals surface area contributed by atoms with Crippen LogP contribution in [0.15, 0.2) is 60.2 Å². The molecule has 0 spiro atoms. The zero-order valence-corrected chi connectivity index (χ0v) is 16.9. The van der Waals surface area contributed by atoms with Crippen molar-refractivity contribution in [1.29, 1.82) is 5.26 Å². The molecule has 6 heteroatoms. The zero-order valence-electron chi connectivity index (χ0n) is 16.9. The summed E-state index contributed by atoms with van der Waals surface area (Å²) in [5.74, 6) is -1.10. The lowest BCUT2D eigenvalue weighted by atomic mass is 10.0. The molecule has 6 nitrogen and oxygen atoms in total. The lowest BCUT2D eigenvalue weighted by molar-refractivity contribution is -0.144. The third-order valence-corrected chi connectivity index (χ3v) is 4.37. The van der Waals surface area contributed by atoms with E-state index in [9.17, 15) is 14.9 Å². The second-order valence-corrected chi connectivity index (χ2v) is 6.85. The second kappa shape index (κ2) is 10.7. The van der Waals surface area contributed by atoms with Crippen molar-refractivity contribution in [2.75, 3.05) is 32.1 Å². The summed E-state index contributed by atoms with van der Waals surface area (Å²) in [6.45, 7) is 2.00. The summed E-state index contributed by atoms with van der Waals surface area (Å²) in [7, 11) is 3.85. The third-order valence-electron chi connectivity index (χ3n) is 4.37. The molecule has 1 amide bonds. The van der Waals surface area contributed by atoms with Crippen LogP contribution in [0, 0.1) is 11.3 Å². The van der Waals surface area contributed by atoms with Crippen molar-refractivity contribution < 1.29 is 14.3 Å². The molecule has 0 aromatic heterocycles. The average Bonchev–Trinajstić information content (AvgIpc) is 2.74. The maximum atomic E-state index is 12.1. The van der Waals surface area contributed by atoms with Crippen molar-refractivity contribution >= 4 is 23.6 Å². The molecular formula is C23H25N3O3. The van der Waals surface area contributed by atoms with Gasteiger partial charge in [0.25, 0.3) is 5.91 Å². The smallest absolute Gasteiger partial charge is 0.349 e. The van der Waals surface area contributed by atoms with Gasteiger partial charge in [-0.1, -0.05) is 49.4 Å². The van der Waals surface area contributed by atoms with Gasteiger partial charge in [0.05, 0.1) is 0 Å².